The quantitative estimate of drug-likeness (QED) is 0.312. The zero-order valence-electron chi connectivity index (χ0n) is 13.4. The second-order valence-corrected chi connectivity index (χ2v) is 6.98. The van der Waals surface area contributed by atoms with Crippen molar-refractivity contribution >= 4 is 55.8 Å². The van der Waals surface area contributed by atoms with E-state index in [4.69, 9.17) is 23.2 Å². The normalized spacial score (nSPS) is 11.7. The molecule has 0 unspecified atom stereocenters. The van der Waals surface area contributed by atoms with Crippen LogP contribution in [0.2, 0.25) is 10.0 Å². The lowest BCUT2D eigenvalue weighted by molar-refractivity contribution is 0.630. The van der Waals surface area contributed by atoms with E-state index >= 15 is 0 Å². The monoisotopic (exact) mass is 380 g/mol. The van der Waals surface area contributed by atoms with Gasteiger partial charge in [-0.1, -0.05) is 59.6 Å². The summed E-state index contributed by atoms with van der Waals surface area (Å²) < 4.78 is 14.4. The molecule has 1 aromatic heterocycles. The molecule has 0 aliphatic rings. The molecule has 5 aromatic rings. The van der Waals surface area contributed by atoms with Gasteiger partial charge in [-0.05, 0) is 35.0 Å². The largest absolute Gasteiger partial charge is 0.337 e. The molecule has 126 valence electrons. The molecule has 0 atom stereocenters. The minimum absolute atomic E-state index is 0.268. The van der Waals surface area contributed by atoms with Gasteiger partial charge in [-0.15, -0.1) is 0 Å². The van der Waals surface area contributed by atoms with E-state index in [0.29, 0.717) is 15.9 Å². The van der Waals surface area contributed by atoms with Gasteiger partial charge in [-0.2, -0.15) is 0 Å². The van der Waals surface area contributed by atoms with Crippen LogP contribution in [0.3, 0.4) is 0 Å². The average Bonchev–Trinajstić information content (AvgIpc) is 3.07. The molecule has 26 heavy (non-hydrogen) atoms. The highest BCUT2D eigenvalue weighted by Crippen LogP contribution is 2.37. The molecule has 2 nitrogen and oxygen atoms in total. The topological polar surface area (TPSA) is 28.7 Å². The molecule has 4 aromatic carbocycles. The maximum absolute atomic E-state index is 14.4. The van der Waals surface area contributed by atoms with E-state index in [1.165, 1.54) is 6.07 Å². The summed E-state index contributed by atoms with van der Waals surface area (Å²) in [5, 5.41) is 5.01. The van der Waals surface area contributed by atoms with Crippen molar-refractivity contribution in [2.75, 3.05) is 0 Å². The van der Waals surface area contributed by atoms with Crippen LogP contribution < -0.4 is 0 Å². The number of benzene rings is 4. The third-order valence-electron chi connectivity index (χ3n) is 4.63. The molecule has 5 heteroatoms. The van der Waals surface area contributed by atoms with Crippen LogP contribution in [-0.4, -0.2) is 9.97 Å². The van der Waals surface area contributed by atoms with Crippen molar-refractivity contribution in [3.05, 3.63) is 76.5 Å². The summed E-state index contributed by atoms with van der Waals surface area (Å²) in [6, 6.07) is 18.4. The minimum Gasteiger partial charge on any atom is -0.337 e. The summed E-state index contributed by atoms with van der Waals surface area (Å²) in [5.41, 5.74) is 1.85. The first kappa shape index (κ1) is 15.6. The number of nitrogens with one attached hydrogen (secondary N) is 1. The Labute approximate surface area is 158 Å². The van der Waals surface area contributed by atoms with Crippen molar-refractivity contribution in [2.24, 2.45) is 0 Å². The first-order valence-electron chi connectivity index (χ1n) is 8.07. The molecule has 1 N–H and O–H groups in total. The number of H-pyrrole nitrogens is 1. The number of imidazole rings is 1. The first-order chi connectivity index (χ1) is 12.6. The first-order valence-corrected chi connectivity index (χ1v) is 8.83. The predicted molar refractivity (Wildman–Crippen MR) is 107 cm³/mol. The van der Waals surface area contributed by atoms with Gasteiger partial charge in [-0.25, -0.2) is 9.37 Å². The van der Waals surface area contributed by atoms with Gasteiger partial charge in [0, 0.05) is 15.8 Å². The molecular weight excluding hydrogens is 370 g/mol. The molecule has 0 fully saturated rings. The number of halogens is 3. The van der Waals surface area contributed by atoms with Gasteiger partial charge < -0.3 is 4.98 Å². The smallest absolute Gasteiger partial charge is 0.143 e. The third-order valence-corrected chi connectivity index (χ3v) is 5.18. The fraction of sp³-hybridized carbons (Fsp3) is 0. The van der Waals surface area contributed by atoms with E-state index in [1.54, 1.807) is 12.1 Å². The van der Waals surface area contributed by atoms with Crippen LogP contribution in [0.4, 0.5) is 4.39 Å². The number of rotatable bonds is 1. The van der Waals surface area contributed by atoms with Crippen LogP contribution >= 0.6 is 23.2 Å². The van der Waals surface area contributed by atoms with Gasteiger partial charge in [0.15, 0.2) is 0 Å². The zero-order chi connectivity index (χ0) is 17.8. The standard InChI is InChI=1S/C21H11Cl2FN2/c22-11-8-9-13-12-4-1-2-5-14(12)19-20(15(13)10-11)26-21(25-19)18-16(23)6-3-7-17(18)24/h1-10H,(H,25,26). The third kappa shape index (κ3) is 2.21. The number of hydrogen-bond acceptors (Lipinski definition) is 1. The number of hydrogen-bond donors (Lipinski definition) is 1. The fourth-order valence-corrected chi connectivity index (χ4v) is 3.91. The van der Waals surface area contributed by atoms with E-state index < -0.39 is 5.82 Å². The summed E-state index contributed by atoms with van der Waals surface area (Å²) in [5.74, 6) is -0.0103. The van der Waals surface area contributed by atoms with Crippen molar-refractivity contribution in [2.45, 2.75) is 0 Å². The summed E-state index contributed by atoms with van der Waals surface area (Å²) in [4.78, 5) is 7.95. The second kappa shape index (κ2) is 5.70. The number of nitrogens with zero attached hydrogens (tertiary/aromatic N) is 1. The van der Waals surface area contributed by atoms with Crippen molar-refractivity contribution < 1.29 is 4.39 Å². The number of aromatic amines is 1. The minimum atomic E-state index is -0.414. The molecule has 0 amide bonds. The highest BCUT2D eigenvalue weighted by Gasteiger charge is 2.17. The Morgan fingerprint density at radius 1 is 0.808 bits per heavy atom. The van der Waals surface area contributed by atoms with Crippen LogP contribution in [0.5, 0.6) is 0 Å². The molecule has 0 spiro atoms. The zero-order valence-corrected chi connectivity index (χ0v) is 14.9. The van der Waals surface area contributed by atoms with Gasteiger partial charge in [-0.3, -0.25) is 0 Å². The Balaban J connectivity index is 1.99. The van der Waals surface area contributed by atoms with Crippen LogP contribution in [0, 0.1) is 5.82 Å². The molecule has 0 radical (unpaired) electrons. The molecule has 0 aliphatic heterocycles. The highest BCUT2D eigenvalue weighted by molar-refractivity contribution is 6.34. The molecule has 5 rings (SSSR count). The summed E-state index contributed by atoms with van der Waals surface area (Å²) in [6.45, 7) is 0. The van der Waals surface area contributed by atoms with Crippen molar-refractivity contribution in [3.8, 4) is 11.4 Å². The number of aromatic nitrogens is 2. The van der Waals surface area contributed by atoms with Crippen LogP contribution in [0.15, 0.2) is 60.7 Å². The molecule has 1 heterocycles. The Hall–Kier alpha value is -2.62. The van der Waals surface area contributed by atoms with E-state index in [1.807, 2.05) is 36.4 Å². The lowest BCUT2D eigenvalue weighted by atomic mass is 10.0. The SMILES string of the molecule is Fc1cccc(Cl)c1-c1nc2c3cc(Cl)ccc3c3ccccc3c2[nH]1. The van der Waals surface area contributed by atoms with E-state index in [0.717, 1.165) is 32.6 Å². The fourth-order valence-electron chi connectivity index (χ4n) is 3.49. The molecule has 0 saturated carbocycles. The van der Waals surface area contributed by atoms with Crippen molar-refractivity contribution in [3.63, 3.8) is 0 Å². The van der Waals surface area contributed by atoms with E-state index in [2.05, 4.69) is 16.0 Å². The van der Waals surface area contributed by atoms with Gasteiger partial charge in [0.05, 0.1) is 21.6 Å². The Morgan fingerprint density at radius 2 is 1.58 bits per heavy atom. The Morgan fingerprint density at radius 3 is 2.38 bits per heavy atom. The predicted octanol–water partition coefficient (Wildman–Crippen LogP) is 6.98. The molecular formula is C21H11Cl2FN2. The van der Waals surface area contributed by atoms with Gasteiger partial charge in [0.1, 0.15) is 11.6 Å². The average molecular weight is 381 g/mol. The van der Waals surface area contributed by atoms with Crippen LogP contribution in [-0.2, 0) is 0 Å². The second-order valence-electron chi connectivity index (χ2n) is 6.14. The summed E-state index contributed by atoms with van der Waals surface area (Å²) in [7, 11) is 0. The maximum Gasteiger partial charge on any atom is 0.143 e. The Kier molecular flexibility index (Phi) is 3.42. The van der Waals surface area contributed by atoms with Crippen LogP contribution in [0.1, 0.15) is 0 Å². The number of fused-ring (bicyclic) bond motifs is 6. The van der Waals surface area contributed by atoms with E-state index in [-0.39, 0.29) is 5.56 Å². The van der Waals surface area contributed by atoms with E-state index in [9.17, 15) is 4.39 Å². The maximum atomic E-state index is 14.4. The van der Waals surface area contributed by atoms with Crippen molar-refractivity contribution in [1.29, 1.82) is 0 Å². The van der Waals surface area contributed by atoms with Gasteiger partial charge in [0.2, 0.25) is 0 Å². The molecule has 0 saturated heterocycles. The molecule has 0 aliphatic carbocycles. The lowest BCUT2D eigenvalue weighted by Crippen LogP contribution is -1.87. The van der Waals surface area contributed by atoms with Crippen molar-refractivity contribution in [1.82, 2.24) is 9.97 Å². The Bertz CT molecular complexity index is 1300. The lowest BCUT2D eigenvalue weighted by Gasteiger charge is -2.06. The summed E-state index contributed by atoms with van der Waals surface area (Å²) >= 11 is 12.5. The summed E-state index contributed by atoms with van der Waals surface area (Å²) in [6.07, 6.45) is 0. The van der Waals surface area contributed by atoms with Gasteiger partial charge in [0.25, 0.3) is 0 Å². The highest BCUT2D eigenvalue weighted by atomic mass is 35.5. The van der Waals surface area contributed by atoms with Crippen LogP contribution in [0.25, 0.3) is 44.0 Å². The van der Waals surface area contributed by atoms with Gasteiger partial charge >= 0.3 is 0 Å². The molecule has 0 bridgehead atoms.